The van der Waals surface area contributed by atoms with Gasteiger partial charge in [-0.05, 0) is 36.8 Å². The summed E-state index contributed by atoms with van der Waals surface area (Å²) in [6.07, 6.45) is 0. The first kappa shape index (κ1) is 13.8. The molecule has 108 valence electrons. The predicted octanol–water partition coefficient (Wildman–Crippen LogP) is 2.73. The van der Waals surface area contributed by atoms with E-state index in [0.29, 0.717) is 5.56 Å². The number of hydrogen-bond acceptors (Lipinski definition) is 3. The number of carbonyl (C=O) groups is 1. The molecule has 0 radical (unpaired) electrons. The Morgan fingerprint density at radius 3 is 2.29 bits per heavy atom. The standard InChI is InChI=1S/C15H12FNO3S/c1-10(11-6-8-12(16)9-7-11)17-15(18)13-4-2-3-5-14(13)21(17,19)20/h2-10H,1H3. The Kier molecular flexibility index (Phi) is 3.06. The van der Waals surface area contributed by atoms with Gasteiger partial charge in [0.2, 0.25) is 0 Å². The van der Waals surface area contributed by atoms with E-state index < -0.39 is 27.8 Å². The lowest BCUT2D eigenvalue weighted by Crippen LogP contribution is -2.32. The number of nitrogens with zero attached hydrogens (tertiary/aromatic N) is 1. The van der Waals surface area contributed by atoms with Gasteiger partial charge in [0.05, 0.1) is 11.6 Å². The van der Waals surface area contributed by atoms with Gasteiger partial charge >= 0.3 is 0 Å². The minimum absolute atomic E-state index is 0.0176. The highest BCUT2D eigenvalue weighted by atomic mass is 32.2. The Bertz CT molecular complexity index is 815. The largest absolute Gasteiger partial charge is 0.269 e. The second kappa shape index (κ2) is 4.66. The number of halogens is 1. The first-order valence-corrected chi connectivity index (χ1v) is 7.80. The molecule has 2 aromatic carbocycles. The fourth-order valence-electron chi connectivity index (χ4n) is 2.46. The lowest BCUT2D eigenvalue weighted by molar-refractivity contribution is 0.0839. The van der Waals surface area contributed by atoms with Crippen LogP contribution < -0.4 is 0 Å². The number of fused-ring (bicyclic) bond motifs is 1. The number of sulfonamides is 1. The Morgan fingerprint density at radius 1 is 1.05 bits per heavy atom. The minimum atomic E-state index is -3.86. The zero-order valence-electron chi connectivity index (χ0n) is 11.2. The van der Waals surface area contributed by atoms with Gasteiger partial charge in [-0.3, -0.25) is 4.79 Å². The van der Waals surface area contributed by atoms with E-state index in [9.17, 15) is 17.6 Å². The van der Waals surface area contributed by atoms with Crippen LogP contribution in [0.15, 0.2) is 53.4 Å². The van der Waals surface area contributed by atoms with Crippen molar-refractivity contribution in [2.75, 3.05) is 0 Å². The van der Waals surface area contributed by atoms with Gasteiger partial charge in [-0.15, -0.1) is 0 Å². The molecular weight excluding hydrogens is 293 g/mol. The lowest BCUT2D eigenvalue weighted by Gasteiger charge is -2.23. The van der Waals surface area contributed by atoms with Crippen molar-refractivity contribution >= 4 is 15.9 Å². The van der Waals surface area contributed by atoms with E-state index in [0.717, 1.165) is 4.31 Å². The van der Waals surface area contributed by atoms with Gasteiger partial charge in [0.15, 0.2) is 0 Å². The molecule has 1 aliphatic heterocycles. The summed E-state index contributed by atoms with van der Waals surface area (Å²) >= 11 is 0. The van der Waals surface area contributed by atoms with Crippen LogP contribution in [-0.4, -0.2) is 18.6 Å². The molecule has 1 atom stereocenters. The van der Waals surface area contributed by atoms with Gasteiger partial charge in [0.1, 0.15) is 10.7 Å². The second-order valence-electron chi connectivity index (χ2n) is 4.83. The zero-order chi connectivity index (χ0) is 15.2. The zero-order valence-corrected chi connectivity index (χ0v) is 12.0. The summed E-state index contributed by atoms with van der Waals surface area (Å²) in [6, 6.07) is 10.9. The predicted molar refractivity (Wildman–Crippen MR) is 74.6 cm³/mol. The van der Waals surface area contributed by atoms with Crippen molar-refractivity contribution in [1.82, 2.24) is 4.31 Å². The normalized spacial score (nSPS) is 17.6. The molecule has 2 aromatic rings. The Balaban J connectivity index is 2.08. The molecule has 1 unspecified atom stereocenters. The van der Waals surface area contributed by atoms with Crippen LogP contribution in [0.5, 0.6) is 0 Å². The van der Waals surface area contributed by atoms with Crippen LogP contribution in [0.2, 0.25) is 0 Å². The summed E-state index contributed by atoms with van der Waals surface area (Å²) in [7, 11) is -3.86. The van der Waals surface area contributed by atoms with E-state index in [4.69, 9.17) is 0 Å². The van der Waals surface area contributed by atoms with Crippen LogP contribution in [0, 0.1) is 5.82 Å². The van der Waals surface area contributed by atoms with Gasteiger partial charge in [-0.1, -0.05) is 24.3 Å². The molecule has 0 fully saturated rings. The highest BCUT2D eigenvalue weighted by Gasteiger charge is 2.43. The first-order valence-electron chi connectivity index (χ1n) is 6.36. The summed E-state index contributed by atoms with van der Waals surface area (Å²) in [4.78, 5) is 12.4. The van der Waals surface area contributed by atoms with Crippen LogP contribution in [0.1, 0.15) is 28.9 Å². The molecule has 1 heterocycles. The third-order valence-corrected chi connectivity index (χ3v) is 5.47. The van der Waals surface area contributed by atoms with Crippen molar-refractivity contribution in [2.45, 2.75) is 17.9 Å². The lowest BCUT2D eigenvalue weighted by atomic mass is 10.1. The molecular formula is C15H12FNO3S. The molecule has 1 aliphatic rings. The van der Waals surface area contributed by atoms with Gasteiger partial charge in [0, 0.05) is 0 Å². The summed E-state index contributed by atoms with van der Waals surface area (Å²) in [5, 5.41) is 0. The minimum Gasteiger partial charge on any atom is -0.268 e. The molecule has 4 nitrogen and oxygen atoms in total. The molecule has 0 saturated carbocycles. The maximum Gasteiger partial charge on any atom is 0.269 e. The van der Waals surface area contributed by atoms with Crippen LogP contribution in [0.25, 0.3) is 0 Å². The summed E-state index contributed by atoms with van der Waals surface area (Å²) in [5.74, 6) is -0.965. The van der Waals surface area contributed by atoms with Gasteiger partial charge in [-0.2, -0.15) is 0 Å². The van der Waals surface area contributed by atoms with E-state index in [1.165, 1.54) is 36.4 Å². The smallest absolute Gasteiger partial charge is 0.268 e. The van der Waals surface area contributed by atoms with Crippen molar-refractivity contribution in [1.29, 1.82) is 0 Å². The number of rotatable bonds is 2. The average molecular weight is 305 g/mol. The van der Waals surface area contributed by atoms with E-state index in [1.807, 2.05) is 0 Å². The maximum atomic E-state index is 13.0. The average Bonchev–Trinajstić information content (AvgIpc) is 2.67. The van der Waals surface area contributed by atoms with Gasteiger partial charge < -0.3 is 0 Å². The molecule has 1 amide bonds. The summed E-state index contributed by atoms with van der Waals surface area (Å²) in [5.41, 5.74) is 0.729. The molecule has 0 saturated heterocycles. The van der Waals surface area contributed by atoms with Crippen molar-refractivity contribution in [3.8, 4) is 0 Å². The molecule has 0 spiro atoms. The van der Waals surface area contributed by atoms with Gasteiger partial charge in [0.25, 0.3) is 15.9 Å². The summed E-state index contributed by atoms with van der Waals surface area (Å²) in [6.45, 7) is 1.61. The molecule has 0 N–H and O–H groups in total. The fourth-order valence-corrected chi connectivity index (χ4v) is 4.21. The monoisotopic (exact) mass is 305 g/mol. The van der Waals surface area contributed by atoms with E-state index in [-0.39, 0.29) is 10.5 Å². The Hall–Kier alpha value is -2.21. The van der Waals surface area contributed by atoms with Crippen LogP contribution in [0.4, 0.5) is 4.39 Å². The molecule has 0 bridgehead atoms. The van der Waals surface area contributed by atoms with Crippen LogP contribution in [-0.2, 0) is 10.0 Å². The first-order chi connectivity index (χ1) is 9.93. The number of carbonyl (C=O) groups excluding carboxylic acids is 1. The topological polar surface area (TPSA) is 54.5 Å². The highest BCUT2D eigenvalue weighted by molar-refractivity contribution is 7.90. The van der Waals surface area contributed by atoms with Crippen LogP contribution >= 0.6 is 0 Å². The number of amides is 1. The fraction of sp³-hybridized carbons (Fsp3) is 0.133. The summed E-state index contributed by atoms with van der Waals surface area (Å²) < 4.78 is 38.8. The molecule has 6 heteroatoms. The second-order valence-corrected chi connectivity index (χ2v) is 6.61. The van der Waals surface area contributed by atoms with Crippen molar-refractivity contribution in [2.24, 2.45) is 0 Å². The SMILES string of the molecule is CC(c1ccc(F)cc1)N1C(=O)c2ccccc2S1(=O)=O. The van der Waals surface area contributed by atoms with E-state index in [2.05, 4.69) is 0 Å². The third-order valence-electron chi connectivity index (χ3n) is 3.56. The third kappa shape index (κ3) is 2.03. The molecule has 0 aromatic heterocycles. The van der Waals surface area contributed by atoms with E-state index >= 15 is 0 Å². The Morgan fingerprint density at radius 2 is 1.67 bits per heavy atom. The number of hydrogen-bond donors (Lipinski definition) is 0. The molecule has 0 aliphatic carbocycles. The van der Waals surface area contributed by atoms with Crippen LogP contribution in [0.3, 0.4) is 0 Å². The van der Waals surface area contributed by atoms with Crippen molar-refractivity contribution in [3.05, 3.63) is 65.5 Å². The number of benzene rings is 2. The molecule has 3 rings (SSSR count). The maximum absolute atomic E-state index is 13.0. The Labute approximate surface area is 121 Å². The molecule has 21 heavy (non-hydrogen) atoms. The quantitative estimate of drug-likeness (QED) is 0.857. The van der Waals surface area contributed by atoms with Gasteiger partial charge in [-0.25, -0.2) is 17.1 Å². The van der Waals surface area contributed by atoms with Crippen molar-refractivity contribution < 1.29 is 17.6 Å². The highest BCUT2D eigenvalue weighted by Crippen LogP contribution is 2.36. The van der Waals surface area contributed by atoms with Crippen molar-refractivity contribution in [3.63, 3.8) is 0 Å². The van der Waals surface area contributed by atoms with E-state index in [1.54, 1.807) is 19.1 Å².